The summed E-state index contributed by atoms with van der Waals surface area (Å²) in [5, 5.41) is 29.4. The number of fused-ring (bicyclic) bond motifs is 3. The molecule has 9 N–H and O–H groups in total. The van der Waals surface area contributed by atoms with E-state index >= 15 is 0 Å². The van der Waals surface area contributed by atoms with Crippen molar-refractivity contribution in [3.8, 4) is 17.2 Å². The lowest BCUT2D eigenvalue weighted by molar-refractivity contribution is -0.156. The Bertz CT molecular complexity index is 5090. The Morgan fingerprint density at radius 1 is 0.432 bits per heavy atom. The molecule has 3 aromatic heterocycles. The number of nitrogens with zero attached hydrogens (tertiary/aromatic N) is 3. The number of carboxylic acid groups (broad SMARTS) is 1. The van der Waals surface area contributed by atoms with Gasteiger partial charge in [-0.05, 0) is 200 Å². The van der Waals surface area contributed by atoms with Crippen molar-refractivity contribution in [1.82, 2.24) is 13.7 Å². The van der Waals surface area contributed by atoms with Crippen LogP contribution in [-0.4, -0.2) is 171 Å². The van der Waals surface area contributed by atoms with E-state index in [9.17, 15) is 69.0 Å². The summed E-state index contributed by atoms with van der Waals surface area (Å²) in [6.45, 7) is 25.4. The minimum Gasteiger partial charge on any atom is -0.508 e. The molecule has 0 aliphatic carbocycles. The van der Waals surface area contributed by atoms with Gasteiger partial charge in [-0.1, -0.05) is 23.2 Å². The van der Waals surface area contributed by atoms with Gasteiger partial charge >= 0.3 is 48.3 Å². The van der Waals surface area contributed by atoms with E-state index in [1.54, 1.807) is 142 Å². The van der Waals surface area contributed by atoms with E-state index in [-0.39, 0.29) is 117 Å². The van der Waals surface area contributed by atoms with Gasteiger partial charge in [0.2, 0.25) is 0 Å². The number of carbonyl (C=O) groups is 6. The molecule has 36 nitrogen and oxygen atoms in total. The van der Waals surface area contributed by atoms with E-state index in [0.717, 1.165) is 0 Å². The van der Waals surface area contributed by atoms with Crippen LogP contribution in [0.3, 0.4) is 0 Å². The summed E-state index contributed by atoms with van der Waals surface area (Å²) in [7, 11) is -16.1. The second kappa shape index (κ2) is 48.0. The number of esters is 2. The molecule has 0 radical (unpaired) electrons. The maximum atomic E-state index is 12.6. The average molecular weight is 1840 g/mol. The van der Waals surface area contributed by atoms with E-state index in [1.165, 1.54) is 89.9 Å². The lowest BCUT2D eigenvalue weighted by Gasteiger charge is -2.19. The standard InChI is InChI=1S/C20H29N2O7P.C16H21N2O7P.C15H18N2O4.C11H16ClO6PS.C6H4Cl2O2S.C5H13O4P/c1-6-27-30(25,28-7-2)13-26-14-8-9-17-15(10-14)16(19(21)24)11-22(17)12-18(23)29-20(3,4)5;1-3-24-26(22,25-4-2)10-23-11-5-6-14-12(7-11)13(16(17)21)8-18(14)9-15(19)20;1-15(2,3)21-13(19)8-17-7-11(14(16)20)10-6-9(18)4-5-12(10)17;1-3-16-19(13,17-4-2)9-18-20(14,15)11-7-5-10(12)6-8-11;7-5-1-3-6(4-2-5)11(8,9)10;1-3-8-10(7,5-6)9-4-2/h8-11H,6-7,12-13H2,1-5H3,(H2,21,24);5-8H,3-4,9-10H2,1-2H3,(H2,17,21)(H,19,20);4-7,18H,8H2,1-3H3,(H2,16,20);5-8H,3-4,9H2,1-2H3;1-4H;6H,3-5H2,1-2H3. The number of aromatic hydroxyl groups is 1. The molecule has 0 atom stereocenters. The van der Waals surface area contributed by atoms with Crippen molar-refractivity contribution in [2.24, 2.45) is 17.2 Å². The first-order valence-electron chi connectivity index (χ1n) is 35.8. The maximum Gasteiger partial charge on any atom is 0.367 e. The van der Waals surface area contributed by atoms with Crippen LogP contribution in [0.1, 0.15) is 128 Å². The number of phenolic OH excluding ortho intramolecular Hbond substituents is 1. The number of amides is 3. The van der Waals surface area contributed by atoms with Gasteiger partial charge in [0.15, 0.2) is 19.0 Å². The molecule has 656 valence electrons. The van der Waals surface area contributed by atoms with Crippen LogP contribution in [0.4, 0.5) is 0 Å². The predicted molar refractivity (Wildman–Crippen MR) is 443 cm³/mol. The smallest absolute Gasteiger partial charge is 0.367 e. The summed E-state index contributed by atoms with van der Waals surface area (Å²) in [5.74, 6) is -3.14. The number of aliphatic hydroxyl groups is 1. The Kier molecular flexibility index (Phi) is 42.5. The number of halogens is 3. The highest BCUT2D eigenvalue weighted by molar-refractivity contribution is 8.13. The Morgan fingerprint density at radius 2 is 0.729 bits per heavy atom. The fraction of sp³-hybridized carbons (Fsp3) is 0.425. The Balaban J connectivity index is 0.000000379. The summed E-state index contributed by atoms with van der Waals surface area (Å²) >= 11 is 11.2. The summed E-state index contributed by atoms with van der Waals surface area (Å²) < 4.78 is 164. The molecule has 0 aliphatic heterocycles. The van der Waals surface area contributed by atoms with Crippen molar-refractivity contribution in [3.05, 3.63) is 148 Å². The second-order valence-corrected chi connectivity index (χ2v) is 38.8. The highest BCUT2D eigenvalue weighted by Crippen LogP contribution is 2.51. The van der Waals surface area contributed by atoms with Gasteiger partial charge in [-0.3, -0.25) is 51.2 Å². The quantitative estimate of drug-likeness (QED) is 0.00911. The molecule has 0 unspecified atom stereocenters. The van der Waals surface area contributed by atoms with Gasteiger partial charge in [0, 0.05) is 72.0 Å². The van der Waals surface area contributed by atoms with Crippen molar-refractivity contribution >= 4 is 152 Å². The van der Waals surface area contributed by atoms with Crippen molar-refractivity contribution in [2.45, 2.75) is 138 Å². The van der Waals surface area contributed by atoms with Gasteiger partial charge in [-0.2, -0.15) is 8.42 Å². The number of carboxylic acids is 1. The van der Waals surface area contributed by atoms with E-state index in [2.05, 4.69) is 0 Å². The highest BCUT2D eigenvalue weighted by Gasteiger charge is 2.31. The Hall–Kier alpha value is -7.77. The van der Waals surface area contributed by atoms with Crippen LogP contribution in [0.2, 0.25) is 10.0 Å². The lowest BCUT2D eigenvalue weighted by Crippen LogP contribution is -2.26. The number of carbonyl (C=O) groups excluding carboxylic acids is 5. The number of ether oxygens (including phenoxy) is 4. The molecule has 118 heavy (non-hydrogen) atoms. The van der Waals surface area contributed by atoms with Crippen molar-refractivity contribution in [1.29, 1.82) is 0 Å². The van der Waals surface area contributed by atoms with Gasteiger partial charge in [0.1, 0.15) is 54.4 Å². The molecule has 45 heteroatoms. The van der Waals surface area contributed by atoms with E-state index < -0.39 is 109 Å². The zero-order valence-electron chi connectivity index (χ0n) is 67.3. The highest BCUT2D eigenvalue weighted by atomic mass is 35.7. The zero-order valence-corrected chi connectivity index (χ0v) is 74.8. The number of benzene rings is 5. The number of nitrogens with two attached hydrogens (primary N) is 3. The number of hydrogen-bond donors (Lipinski definition) is 6. The molecule has 0 fully saturated rings. The molecule has 3 amide bonds. The SMILES string of the molecule is CC(C)(C)OC(=O)Cn1cc(C(N)=O)c2cc(O)ccc21.CCOP(=O)(CO)OCC.CCOP(=O)(COS(=O)(=O)c1ccc(Cl)cc1)OCC.CCOP(=O)(COc1ccc2c(c1)c(C(N)=O)cn2CC(=O)O)OCC.CCOP(=O)(COc1ccc2c(c1)c(C(N)=O)cn2CC(=O)OC(C)(C)C)OCC.O=S(=O)(Cl)c1ccc(Cl)cc1. The number of aliphatic carboxylic acids is 1. The summed E-state index contributed by atoms with van der Waals surface area (Å²) in [6, 6.07) is 25.3. The summed E-state index contributed by atoms with van der Waals surface area (Å²) in [5.41, 5.74) is 17.4. The third kappa shape index (κ3) is 35.5. The second-order valence-electron chi connectivity index (χ2n) is 25.8. The molecule has 0 aliphatic rings. The van der Waals surface area contributed by atoms with Crippen LogP contribution in [0, 0.1) is 0 Å². The van der Waals surface area contributed by atoms with E-state index in [0.29, 0.717) is 54.3 Å². The number of aromatic nitrogens is 3. The number of phenols is 1. The summed E-state index contributed by atoms with van der Waals surface area (Å²) in [4.78, 5) is 70.1. The minimum absolute atomic E-state index is 0.0278. The summed E-state index contributed by atoms with van der Waals surface area (Å²) in [6.07, 6.45) is 2.61. The topological polar surface area (TPSA) is 513 Å². The molecule has 5 aromatic carbocycles. The molecule has 0 bridgehead atoms. The van der Waals surface area contributed by atoms with Gasteiger partial charge in [0.25, 0.3) is 36.9 Å². The molecular formula is C73H101Cl3N6O30P4S2. The number of hydrogen-bond acceptors (Lipinski definition) is 29. The normalized spacial score (nSPS) is 11.9. The van der Waals surface area contributed by atoms with E-state index in [1.807, 2.05) is 0 Å². The van der Waals surface area contributed by atoms with E-state index in [4.69, 9.17) is 121 Å². The molecule has 8 aromatic rings. The molecule has 0 saturated carbocycles. The molecule has 8 rings (SSSR count). The molecular weight excluding hydrogens is 1740 g/mol. The first-order chi connectivity index (χ1) is 54.9. The predicted octanol–water partition coefficient (Wildman–Crippen LogP) is 14.6. The number of rotatable bonds is 37. The van der Waals surface area contributed by atoms with Crippen LogP contribution in [0.15, 0.2) is 132 Å². The minimum atomic E-state index is -4.04. The molecule has 0 saturated heterocycles. The van der Waals surface area contributed by atoms with Gasteiger partial charge in [-0.25, -0.2) is 8.42 Å². The largest absolute Gasteiger partial charge is 0.508 e. The van der Waals surface area contributed by atoms with Crippen molar-refractivity contribution in [2.75, 3.05) is 78.2 Å². The van der Waals surface area contributed by atoms with Crippen LogP contribution in [-0.2, 0) is 121 Å². The maximum absolute atomic E-state index is 12.6. The number of primary amides is 3. The zero-order chi connectivity index (χ0) is 89.4. The fourth-order valence-electron chi connectivity index (χ4n) is 9.91. The third-order valence-electron chi connectivity index (χ3n) is 14.2. The first kappa shape index (κ1) is 104. The first-order valence-corrected chi connectivity index (χ1v) is 47.2. The van der Waals surface area contributed by atoms with Crippen LogP contribution < -0.4 is 26.7 Å². The molecule has 3 heterocycles. The van der Waals surface area contributed by atoms with Crippen molar-refractivity contribution < 1.29 is 139 Å². The third-order valence-corrected chi connectivity index (χ3v) is 24.5. The van der Waals surface area contributed by atoms with Crippen molar-refractivity contribution in [3.63, 3.8) is 0 Å². The Labute approximate surface area is 698 Å². The van der Waals surface area contributed by atoms with Gasteiger partial charge in [-0.15, -0.1) is 0 Å². The average Bonchev–Trinajstić information content (AvgIpc) is 1.66. The van der Waals surface area contributed by atoms with Crippen LogP contribution in [0.5, 0.6) is 17.2 Å². The van der Waals surface area contributed by atoms with Gasteiger partial charge in [0.05, 0.1) is 79.3 Å². The van der Waals surface area contributed by atoms with Crippen LogP contribution >= 0.6 is 64.3 Å². The molecule has 0 spiro atoms. The number of aliphatic hydroxyl groups excluding tert-OH is 1. The van der Waals surface area contributed by atoms with Gasteiger partial charge < -0.3 is 101 Å². The fourth-order valence-corrected chi connectivity index (χ4v) is 17.3. The monoisotopic (exact) mass is 1830 g/mol. The van der Waals surface area contributed by atoms with Crippen LogP contribution in [0.25, 0.3) is 32.7 Å². The Morgan fingerprint density at radius 3 is 1.03 bits per heavy atom. The lowest BCUT2D eigenvalue weighted by atomic mass is 10.1.